The minimum atomic E-state index is -1.22. The van der Waals surface area contributed by atoms with Crippen molar-refractivity contribution in [1.29, 1.82) is 0 Å². The van der Waals surface area contributed by atoms with E-state index in [-0.39, 0.29) is 23.9 Å². The van der Waals surface area contributed by atoms with E-state index in [4.69, 9.17) is 9.84 Å². The highest BCUT2D eigenvalue weighted by atomic mass is 16.5. The van der Waals surface area contributed by atoms with Crippen molar-refractivity contribution in [3.05, 3.63) is 48.0 Å². The predicted molar refractivity (Wildman–Crippen MR) is 96.8 cm³/mol. The average molecular weight is 372 g/mol. The predicted octanol–water partition coefficient (Wildman–Crippen LogP) is 1.67. The molecule has 142 valence electrons. The number of ether oxygens (including phenoxy) is 1. The lowest BCUT2D eigenvalue weighted by Gasteiger charge is -2.18. The Kier molecular flexibility index (Phi) is 6.81. The number of carboxylic acids is 1. The number of likely N-dealkylation sites (N-methyl/N-ethyl adjacent to an activating group) is 1. The number of aromatic carboxylic acids is 1. The number of aromatic nitrogens is 2. The van der Waals surface area contributed by atoms with E-state index in [0.717, 1.165) is 12.4 Å². The fraction of sp³-hybridized carbons (Fsp3) is 0.278. The molecule has 0 aliphatic rings. The highest BCUT2D eigenvalue weighted by molar-refractivity contribution is 6.02. The minimum absolute atomic E-state index is 0.0250. The monoisotopic (exact) mass is 372 g/mol. The molecule has 0 spiro atoms. The second kappa shape index (κ2) is 9.27. The van der Waals surface area contributed by atoms with Crippen LogP contribution < -0.4 is 10.1 Å². The molecule has 2 rings (SSSR count). The van der Waals surface area contributed by atoms with Gasteiger partial charge in [0, 0.05) is 24.8 Å². The zero-order valence-electron chi connectivity index (χ0n) is 15.0. The molecule has 1 aromatic heterocycles. The molecule has 1 heterocycles. The molecule has 1 aromatic carbocycles. The van der Waals surface area contributed by atoms with Gasteiger partial charge in [-0.3, -0.25) is 9.59 Å². The van der Waals surface area contributed by atoms with Gasteiger partial charge in [0.25, 0.3) is 11.8 Å². The number of amides is 2. The van der Waals surface area contributed by atoms with Crippen LogP contribution in [0.15, 0.2) is 36.7 Å². The van der Waals surface area contributed by atoms with Gasteiger partial charge in [-0.1, -0.05) is 6.07 Å². The molecule has 0 saturated carbocycles. The molecule has 2 N–H and O–H groups in total. The molecule has 9 nitrogen and oxygen atoms in total. The van der Waals surface area contributed by atoms with Crippen LogP contribution in [0.5, 0.6) is 5.75 Å². The number of hydrogen-bond acceptors (Lipinski definition) is 6. The maximum absolute atomic E-state index is 12.2. The van der Waals surface area contributed by atoms with Crippen molar-refractivity contribution < 1.29 is 24.2 Å². The largest absolute Gasteiger partial charge is 0.484 e. The lowest BCUT2D eigenvalue weighted by molar-refractivity contribution is -0.132. The molecule has 0 aliphatic carbocycles. The van der Waals surface area contributed by atoms with Crippen molar-refractivity contribution >= 4 is 23.5 Å². The van der Waals surface area contributed by atoms with Gasteiger partial charge < -0.3 is 20.1 Å². The van der Waals surface area contributed by atoms with E-state index >= 15 is 0 Å². The summed E-state index contributed by atoms with van der Waals surface area (Å²) in [5.74, 6) is -1.46. The zero-order chi connectivity index (χ0) is 19.8. The van der Waals surface area contributed by atoms with E-state index in [1.165, 1.54) is 0 Å². The summed E-state index contributed by atoms with van der Waals surface area (Å²) in [4.78, 5) is 44.0. The Balaban J connectivity index is 1.99. The number of nitrogens with one attached hydrogen (secondary N) is 1. The number of carbonyl (C=O) groups excluding carboxylic acids is 2. The molecule has 0 unspecified atom stereocenters. The summed E-state index contributed by atoms with van der Waals surface area (Å²) in [6.45, 7) is 4.90. The topological polar surface area (TPSA) is 122 Å². The van der Waals surface area contributed by atoms with Crippen LogP contribution in [0.25, 0.3) is 0 Å². The average Bonchev–Trinajstić information content (AvgIpc) is 2.67. The van der Waals surface area contributed by atoms with Crippen LogP contribution in [0.2, 0.25) is 0 Å². The van der Waals surface area contributed by atoms with E-state index in [9.17, 15) is 14.4 Å². The molecule has 0 bridgehead atoms. The standard InChI is InChI=1S/C18H20N4O5/c1-3-22(4-2)16(23)11-27-13-7-5-6-12(8-13)21-17(24)14-9-20-15(10-19-14)18(25)26/h5-10H,3-4,11H2,1-2H3,(H,21,24)(H,25,26). The number of carboxylic acid groups (broad SMARTS) is 1. The number of benzene rings is 1. The van der Waals surface area contributed by atoms with Gasteiger partial charge in [0.05, 0.1) is 12.4 Å². The first kappa shape index (κ1) is 19.8. The molecule has 0 atom stereocenters. The Hall–Kier alpha value is -3.49. The highest BCUT2D eigenvalue weighted by Gasteiger charge is 2.13. The lowest BCUT2D eigenvalue weighted by Crippen LogP contribution is -2.34. The summed E-state index contributed by atoms with van der Waals surface area (Å²) >= 11 is 0. The van der Waals surface area contributed by atoms with Gasteiger partial charge in [-0.15, -0.1) is 0 Å². The van der Waals surface area contributed by atoms with E-state index in [1.807, 2.05) is 13.8 Å². The van der Waals surface area contributed by atoms with Crippen molar-refractivity contribution in [3.63, 3.8) is 0 Å². The first-order chi connectivity index (χ1) is 12.9. The third-order valence-corrected chi connectivity index (χ3v) is 3.67. The van der Waals surface area contributed by atoms with Gasteiger partial charge in [-0.05, 0) is 26.0 Å². The van der Waals surface area contributed by atoms with Gasteiger partial charge in [-0.2, -0.15) is 0 Å². The second-order valence-electron chi connectivity index (χ2n) is 5.43. The van der Waals surface area contributed by atoms with Crippen LogP contribution in [0.1, 0.15) is 34.8 Å². The molecule has 0 saturated heterocycles. The Morgan fingerprint density at radius 3 is 2.37 bits per heavy atom. The summed E-state index contributed by atoms with van der Waals surface area (Å²) in [5, 5.41) is 11.4. The summed E-state index contributed by atoms with van der Waals surface area (Å²) < 4.78 is 5.49. The molecular formula is C18H20N4O5. The van der Waals surface area contributed by atoms with E-state index in [0.29, 0.717) is 24.5 Å². The second-order valence-corrected chi connectivity index (χ2v) is 5.43. The van der Waals surface area contributed by atoms with Gasteiger partial charge >= 0.3 is 5.97 Å². The van der Waals surface area contributed by atoms with E-state index < -0.39 is 11.9 Å². The molecule has 9 heteroatoms. The Morgan fingerprint density at radius 2 is 1.78 bits per heavy atom. The third kappa shape index (κ3) is 5.50. The number of nitrogens with zero attached hydrogens (tertiary/aromatic N) is 3. The molecule has 0 radical (unpaired) electrons. The lowest BCUT2D eigenvalue weighted by atomic mass is 10.3. The molecular weight excluding hydrogens is 352 g/mol. The minimum Gasteiger partial charge on any atom is -0.484 e. The maximum atomic E-state index is 12.2. The molecule has 27 heavy (non-hydrogen) atoms. The van der Waals surface area contributed by atoms with Gasteiger partial charge in [0.2, 0.25) is 0 Å². The van der Waals surface area contributed by atoms with Crippen molar-refractivity contribution in [2.24, 2.45) is 0 Å². The normalized spacial score (nSPS) is 10.1. The Morgan fingerprint density at radius 1 is 1.11 bits per heavy atom. The summed E-state index contributed by atoms with van der Waals surface area (Å²) in [6.07, 6.45) is 2.09. The summed E-state index contributed by atoms with van der Waals surface area (Å²) in [7, 11) is 0. The SMILES string of the molecule is CCN(CC)C(=O)COc1cccc(NC(=O)c2cnc(C(=O)O)cn2)c1. The first-order valence-corrected chi connectivity index (χ1v) is 8.31. The first-order valence-electron chi connectivity index (χ1n) is 8.31. The molecule has 0 aliphatic heterocycles. The van der Waals surface area contributed by atoms with Crippen LogP contribution in [0.4, 0.5) is 5.69 Å². The van der Waals surface area contributed by atoms with Gasteiger partial charge in [0.15, 0.2) is 12.3 Å². The quantitative estimate of drug-likeness (QED) is 0.723. The molecule has 0 fully saturated rings. The number of rotatable bonds is 8. The fourth-order valence-electron chi connectivity index (χ4n) is 2.23. The van der Waals surface area contributed by atoms with E-state index in [1.54, 1.807) is 29.2 Å². The fourth-order valence-corrected chi connectivity index (χ4v) is 2.23. The van der Waals surface area contributed by atoms with Gasteiger partial charge in [-0.25, -0.2) is 14.8 Å². The van der Waals surface area contributed by atoms with E-state index in [2.05, 4.69) is 15.3 Å². The van der Waals surface area contributed by atoms with Crippen LogP contribution in [-0.4, -0.2) is 57.5 Å². The van der Waals surface area contributed by atoms with Crippen molar-refractivity contribution in [2.45, 2.75) is 13.8 Å². The third-order valence-electron chi connectivity index (χ3n) is 3.67. The van der Waals surface area contributed by atoms with Crippen LogP contribution >= 0.6 is 0 Å². The molecule has 2 amide bonds. The van der Waals surface area contributed by atoms with Crippen LogP contribution in [-0.2, 0) is 4.79 Å². The van der Waals surface area contributed by atoms with Gasteiger partial charge in [0.1, 0.15) is 11.4 Å². The zero-order valence-corrected chi connectivity index (χ0v) is 15.0. The smallest absolute Gasteiger partial charge is 0.356 e. The molecule has 2 aromatic rings. The van der Waals surface area contributed by atoms with Crippen molar-refractivity contribution in [2.75, 3.05) is 25.0 Å². The highest BCUT2D eigenvalue weighted by Crippen LogP contribution is 2.18. The van der Waals surface area contributed by atoms with Crippen molar-refractivity contribution in [1.82, 2.24) is 14.9 Å². The van der Waals surface area contributed by atoms with Crippen molar-refractivity contribution in [3.8, 4) is 5.75 Å². The maximum Gasteiger partial charge on any atom is 0.356 e. The van der Waals surface area contributed by atoms with Crippen LogP contribution in [0, 0.1) is 0 Å². The number of hydrogen-bond donors (Lipinski definition) is 2. The Labute approximate surface area is 156 Å². The number of carbonyl (C=O) groups is 3. The summed E-state index contributed by atoms with van der Waals surface area (Å²) in [5.41, 5.74) is 0.166. The van der Waals surface area contributed by atoms with Crippen LogP contribution in [0.3, 0.4) is 0 Å². The summed E-state index contributed by atoms with van der Waals surface area (Å²) in [6, 6.07) is 6.57. The Bertz CT molecular complexity index is 819. The number of anilines is 1.